The van der Waals surface area contributed by atoms with Crippen LogP contribution in [0, 0.1) is 5.92 Å². The molecule has 0 saturated carbocycles. The Kier molecular flexibility index (Phi) is 5.17. The number of hydrogen-bond donors (Lipinski definition) is 1. The predicted molar refractivity (Wildman–Crippen MR) is 101 cm³/mol. The molecule has 130 valence electrons. The molecule has 1 heterocycles. The number of nitrogens with zero attached hydrogens (tertiary/aromatic N) is 1. The minimum atomic E-state index is 0.00244. The Morgan fingerprint density at radius 3 is 2.52 bits per heavy atom. The van der Waals surface area contributed by atoms with E-state index in [0.29, 0.717) is 24.4 Å². The van der Waals surface area contributed by atoms with Crippen LogP contribution >= 0.6 is 0 Å². The molecule has 0 radical (unpaired) electrons. The lowest BCUT2D eigenvalue weighted by molar-refractivity contribution is -0.116. The molecule has 0 aromatic heterocycles. The highest BCUT2D eigenvalue weighted by Gasteiger charge is 2.24. The van der Waals surface area contributed by atoms with E-state index < -0.39 is 0 Å². The van der Waals surface area contributed by atoms with E-state index >= 15 is 0 Å². The second kappa shape index (κ2) is 7.51. The number of benzene rings is 2. The highest BCUT2D eigenvalue weighted by molar-refractivity contribution is 6.07. The van der Waals surface area contributed by atoms with Gasteiger partial charge in [-0.2, -0.15) is 0 Å². The van der Waals surface area contributed by atoms with Crippen molar-refractivity contribution in [2.45, 2.75) is 33.1 Å². The Bertz CT molecular complexity index is 766. The third-order valence-electron chi connectivity index (χ3n) is 4.50. The van der Waals surface area contributed by atoms with Crippen molar-refractivity contribution in [2.24, 2.45) is 5.92 Å². The van der Waals surface area contributed by atoms with Crippen molar-refractivity contribution in [1.29, 1.82) is 0 Å². The number of anilines is 2. The van der Waals surface area contributed by atoms with Crippen LogP contribution in [0.1, 0.15) is 42.6 Å². The summed E-state index contributed by atoms with van der Waals surface area (Å²) in [7, 11) is 0. The SMILES string of the molecule is CC(C)CCC(=O)Nc1ccc(C(=O)N2CCc3ccccc32)cc1. The van der Waals surface area contributed by atoms with Gasteiger partial charge in [0.1, 0.15) is 0 Å². The molecule has 25 heavy (non-hydrogen) atoms. The molecule has 0 spiro atoms. The van der Waals surface area contributed by atoms with E-state index in [4.69, 9.17) is 0 Å². The van der Waals surface area contributed by atoms with Gasteiger partial charge in [0.05, 0.1) is 0 Å². The highest BCUT2D eigenvalue weighted by atomic mass is 16.2. The van der Waals surface area contributed by atoms with Crippen LogP contribution in [0.25, 0.3) is 0 Å². The van der Waals surface area contributed by atoms with Gasteiger partial charge >= 0.3 is 0 Å². The van der Waals surface area contributed by atoms with Crippen molar-refractivity contribution in [3.8, 4) is 0 Å². The van der Waals surface area contributed by atoms with Crippen LogP contribution in [-0.2, 0) is 11.2 Å². The maximum atomic E-state index is 12.8. The molecule has 1 N–H and O–H groups in total. The van der Waals surface area contributed by atoms with E-state index in [9.17, 15) is 9.59 Å². The Morgan fingerprint density at radius 2 is 1.80 bits per heavy atom. The third-order valence-corrected chi connectivity index (χ3v) is 4.50. The number of para-hydroxylation sites is 1. The van der Waals surface area contributed by atoms with Gasteiger partial charge in [-0.25, -0.2) is 0 Å². The molecule has 0 saturated heterocycles. The lowest BCUT2D eigenvalue weighted by atomic mass is 10.1. The van der Waals surface area contributed by atoms with E-state index in [0.717, 1.165) is 24.2 Å². The second-order valence-corrected chi connectivity index (χ2v) is 6.89. The first-order chi connectivity index (χ1) is 12.0. The molecule has 4 nitrogen and oxygen atoms in total. The molecule has 3 rings (SSSR count). The van der Waals surface area contributed by atoms with Gasteiger partial charge in [-0.1, -0.05) is 32.0 Å². The average molecular weight is 336 g/mol. The van der Waals surface area contributed by atoms with Gasteiger partial charge in [-0.05, 0) is 54.7 Å². The predicted octanol–water partition coefficient (Wildman–Crippen LogP) is 4.26. The van der Waals surface area contributed by atoms with Crippen LogP contribution in [0.3, 0.4) is 0 Å². The Hall–Kier alpha value is -2.62. The van der Waals surface area contributed by atoms with Gasteiger partial charge in [0.2, 0.25) is 5.91 Å². The number of nitrogens with one attached hydrogen (secondary N) is 1. The molecule has 2 amide bonds. The van der Waals surface area contributed by atoms with Crippen LogP contribution in [0.2, 0.25) is 0 Å². The molecule has 2 aromatic carbocycles. The summed E-state index contributed by atoms with van der Waals surface area (Å²) in [6.45, 7) is 4.92. The van der Waals surface area contributed by atoms with Crippen molar-refractivity contribution in [3.63, 3.8) is 0 Å². The number of amides is 2. The normalized spacial score (nSPS) is 13.0. The van der Waals surface area contributed by atoms with E-state index in [-0.39, 0.29) is 11.8 Å². The standard InChI is InChI=1S/C21H24N2O2/c1-15(2)7-12-20(24)22-18-10-8-17(9-11-18)21(25)23-14-13-16-5-3-4-6-19(16)23/h3-6,8-11,15H,7,12-14H2,1-2H3,(H,22,24). The summed E-state index contributed by atoms with van der Waals surface area (Å²) in [6, 6.07) is 15.2. The molecule has 1 aliphatic rings. The van der Waals surface area contributed by atoms with Crippen molar-refractivity contribution < 1.29 is 9.59 Å². The highest BCUT2D eigenvalue weighted by Crippen LogP contribution is 2.29. The number of fused-ring (bicyclic) bond motifs is 1. The lowest BCUT2D eigenvalue weighted by Gasteiger charge is -2.17. The molecule has 0 fully saturated rings. The molecular weight excluding hydrogens is 312 g/mol. The Labute approximate surface area is 148 Å². The summed E-state index contributed by atoms with van der Waals surface area (Å²) < 4.78 is 0. The first-order valence-corrected chi connectivity index (χ1v) is 8.84. The maximum absolute atomic E-state index is 12.8. The summed E-state index contributed by atoms with van der Waals surface area (Å²) in [5.41, 5.74) is 3.58. The fourth-order valence-corrected chi connectivity index (χ4v) is 3.04. The smallest absolute Gasteiger partial charge is 0.258 e. The largest absolute Gasteiger partial charge is 0.326 e. The molecule has 4 heteroatoms. The van der Waals surface area contributed by atoms with Gasteiger partial charge in [0.15, 0.2) is 0 Å². The van der Waals surface area contributed by atoms with E-state index in [1.165, 1.54) is 5.56 Å². The van der Waals surface area contributed by atoms with Crippen molar-refractivity contribution >= 4 is 23.2 Å². The zero-order valence-corrected chi connectivity index (χ0v) is 14.8. The summed E-state index contributed by atoms with van der Waals surface area (Å²) in [4.78, 5) is 26.5. The van der Waals surface area contributed by atoms with Gasteiger partial charge in [-0.3, -0.25) is 9.59 Å². The molecule has 0 atom stereocenters. The minimum absolute atomic E-state index is 0.00244. The summed E-state index contributed by atoms with van der Waals surface area (Å²) >= 11 is 0. The molecule has 2 aromatic rings. The topological polar surface area (TPSA) is 49.4 Å². The van der Waals surface area contributed by atoms with E-state index in [1.54, 1.807) is 24.3 Å². The first-order valence-electron chi connectivity index (χ1n) is 8.84. The number of carbonyl (C=O) groups excluding carboxylic acids is 2. The average Bonchev–Trinajstić information content (AvgIpc) is 3.04. The number of hydrogen-bond acceptors (Lipinski definition) is 2. The van der Waals surface area contributed by atoms with Crippen LogP contribution < -0.4 is 10.2 Å². The molecule has 0 unspecified atom stereocenters. The minimum Gasteiger partial charge on any atom is -0.326 e. The van der Waals surface area contributed by atoms with Crippen molar-refractivity contribution in [3.05, 3.63) is 59.7 Å². The van der Waals surface area contributed by atoms with Gasteiger partial charge in [0, 0.05) is 29.9 Å². The summed E-state index contributed by atoms with van der Waals surface area (Å²) in [5.74, 6) is 0.526. The number of carbonyl (C=O) groups is 2. The van der Waals surface area contributed by atoms with E-state index in [2.05, 4.69) is 25.2 Å². The summed E-state index contributed by atoms with van der Waals surface area (Å²) in [5, 5.41) is 2.88. The Balaban J connectivity index is 1.65. The molecule has 0 aliphatic carbocycles. The van der Waals surface area contributed by atoms with Crippen LogP contribution in [-0.4, -0.2) is 18.4 Å². The van der Waals surface area contributed by atoms with Crippen molar-refractivity contribution in [2.75, 3.05) is 16.8 Å². The third kappa shape index (κ3) is 4.08. The summed E-state index contributed by atoms with van der Waals surface area (Å²) in [6.07, 6.45) is 2.28. The first kappa shape index (κ1) is 17.2. The van der Waals surface area contributed by atoms with E-state index in [1.807, 2.05) is 23.1 Å². The molecule has 0 bridgehead atoms. The van der Waals surface area contributed by atoms with Crippen molar-refractivity contribution in [1.82, 2.24) is 0 Å². The van der Waals surface area contributed by atoms with Gasteiger partial charge in [0.25, 0.3) is 5.91 Å². The monoisotopic (exact) mass is 336 g/mol. The van der Waals surface area contributed by atoms with Gasteiger partial charge in [-0.15, -0.1) is 0 Å². The second-order valence-electron chi connectivity index (χ2n) is 6.89. The Morgan fingerprint density at radius 1 is 1.08 bits per heavy atom. The fraction of sp³-hybridized carbons (Fsp3) is 0.333. The quantitative estimate of drug-likeness (QED) is 0.887. The zero-order valence-electron chi connectivity index (χ0n) is 14.8. The zero-order chi connectivity index (χ0) is 17.8. The van der Waals surface area contributed by atoms with Crippen LogP contribution in [0.15, 0.2) is 48.5 Å². The maximum Gasteiger partial charge on any atom is 0.258 e. The molecule has 1 aliphatic heterocycles. The molecular formula is C21H24N2O2. The number of rotatable bonds is 5. The lowest BCUT2D eigenvalue weighted by Crippen LogP contribution is -2.28. The van der Waals surface area contributed by atoms with Gasteiger partial charge < -0.3 is 10.2 Å². The fourth-order valence-electron chi connectivity index (χ4n) is 3.04. The van der Waals surface area contributed by atoms with Crippen LogP contribution in [0.5, 0.6) is 0 Å². The van der Waals surface area contributed by atoms with Crippen LogP contribution in [0.4, 0.5) is 11.4 Å².